The topological polar surface area (TPSA) is 105 Å². The van der Waals surface area contributed by atoms with Crippen molar-refractivity contribution in [2.45, 2.75) is 23.6 Å². The number of benzene rings is 1. The first-order valence-electron chi connectivity index (χ1n) is 7.29. The van der Waals surface area contributed by atoms with Crippen LogP contribution in [0, 0.1) is 10.1 Å². The highest BCUT2D eigenvalue weighted by Crippen LogP contribution is 2.36. The molecule has 0 aliphatic heterocycles. The molecule has 0 saturated heterocycles. The van der Waals surface area contributed by atoms with E-state index in [0.29, 0.717) is 17.8 Å². The molecule has 10 heteroatoms. The summed E-state index contributed by atoms with van der Waals surface area (Å²) in [6.45, 7) is 1.74. The number of thiophene rings is 1. The van der Waals surface area contributed by atoms with Crippen molar-refractivity contribution in [3.8, 4) is 0 Å². The lowest BCUT2D eigenvalue weighted by atomic mass is 10.1. The van der Waals surface area contributed by atoms with Gasteiger partial charge in [-0.3, -0.25) is 10.1 Å². The number of aromatic nitrogens is 1. The fourth-order valence-electron chi connectivity index (χ4n) is 2.59. The van der Waals surface area contributed by atoms with Gasteiger partial charge in [0.15, 0.2) is 4.34 Å². The van der Waals surface area contributed by atoms with Crippen LogP contribution in [0.25, 0.3) is 10.9 Å². The maximum atomic E-state index is 12.4. The van der Waals surface area contributed by atoms with E-state index in [1.54, 1.807) is 6.92 Å². The van der Waals surface area contributed by atoms with E-state index in [1.165, 1.54) is 0 Å². The molecule has 132 valence electrons. The Labute approximate surface area is 152 Å². The molecular weight excluding hydrogens is 386 g/mol. The average molecular weight is 400 g/mol. The van der Waals surface area contributed by atoms with Gasteiger partial charge in [-0.2, -0.15) is 0 Å². The third kappa shape index (κ3) is 3.69. The zero-order valence-electron chi connectivity index (χ0n) is 13.0. The first-order chi connectivity index (χ1) is 11.8. The summed E-state index contributed by atoms with van der Waals surface area (Å²) in [5.74, 6) is 0. The lowest BCUT2D eigenvalue weighted by Crippen LogP contribution is -2.33. The molecule has 0 aliphatic carbocycles. The number of para-hydroxylation sites is 1. The largest absolute Gasteiger partial charge is 0.361 e. The summed E-state index contributed by atoms with van der Waals surface area (Å²) in [6, 6.07) is 8.33. The van der Waals surface area contributed by atoms with Crippen LogP contribution in [0.5, 0.6) is 0 Å². The van der Waals surface area contributed by atoms with Gasteiger partial charge in [0.1, 0.15) is 4.21 Å². The van der Waals surface area contributed by atoms with E-state index in [9.17, 15) is 18.5 Å². The van der Waals surface area contributed by atoms with E-state index < -0.39 is 26.7 Å². The van der Waals surface area contributed by atoms with Gasteiger partial charge in [0.2, 0.25) is 0 Å². The number of aromatic amines is 1. The number of H-pyrrole nitrogens is 1. The number of rotatable bonds is 6. The second-order valence-electron chi connectivity index (χ2n) is 5.57. The number of nitrogens with one attached hydrogen (secondary N) is 2. The van der Waals surface area contributed by atoms with Crippen LogP contribution in [-0.4, -0.2) is 24.4 Å². The van der Waals surface area contributed by atoms with Crippen molar-refractivity contribution in [3.05, 3.63) is 56.5 Å². The molecule has 3 aromatic rings. The Morgan fingerprint density at radius 1 is 1.40 bits per heavy atom. The molecule has 0 fully saturated rings. The maximum Gasteiger partial charge on any atom is 0.300 e. The molecule has 1 aromatic carbocycles. The van der Waals surface area contributed by atoms with Crippen molar-refractivity contribution >= 4 is 49.6 Å². The van der Waals surface area contributed by atoms with Crippen LogP contribution in [0.2, 0.25) is 4.34 Å². The summed E-state index contributed by atoms with van der Waals surface area (Å²) in [4.78, 5) is 13.3. The molecule has 7 nitrogen and oxygen atoms in total. The molecule has 2 aromatic heterocycles. The fourth-order valence-corrected chi connectivity index (χ4v) is 5.51. The number of hydrogen-bond donors (Lipinski definition) is 2. The first kappa shape index (κ1) is 17.9. The van der Waals surface area contributed by atoms with Crippen molar-refractivity contribution in [2.75, 3.05) is 0 Å². The monoisotopic (exact) mass is 399 g/mol. The van der Waals surface area contributed by atoms with E-state index in [1.807, 2.05) is 30.5 Å². The normalized spacial score (nSPS) is 13.2. The minimum atomic E-state index is -3.88. The van der Waals surface area contributed by atoms with Gasteiger partial charge in [-0.05, 0) is 25.0 Å². The zero-order chi connectivity index (χ0) is 18.2. The summed E-state index contributed by atoms with van der Waals surface area (Å²) < 4.78 is 27.1. The molecule has 0 aliphatic rings. The number of nitro groups is 1. The van der Waals surface area contributed by atoms with Crippen LogP contribution in [0.3, 0.4) is 0 Å². The fraction of sp³-hybridized carbons (Fsp3) is 0.200. The predicted molar refractivity (Wildman–Crippen MR) is 97.8 cm³/mol. The molecule has 25 heavy (non-hydrogen) atoms. The Kier molecular flexibility index (Phi) is 4.83. The standard InChI is InChI=1S/C15H14ClN3O4S2/c1-9(6-10-8-17-12-5-3-2-4-11(10)12)18-25(22,23)14-7-13(19(20)21)15(16)24-14/h2-5,7-9,17-18H,6H2,1H3. The van der Waals surface area contributed by atoms with Gasteiger partial charge < -0.3 is 4.98 Å². The molecular formula is C15H14ClN3O4S2. The minimum absolute atomic E-state index is 0.158. The highest BCUT2D eigenvalue weighted by Gasteiger charge is 2.26. The molecule has 0 radical (unpaired) electrons. The smallest absolute Gasteiger partial charge is 0.300 e. The van der Waals surface area contributed by atoms with E-state index in [-0.39, 0.29) is 8.55 Å². The Morgan fingerprint density at radius 3 is 2.80 bits per heavy atom. The summed E-state index contributed by atoms with van der Waals surface area (Å²) in [5.41, 5.74) is 1.56. The second-order valence-corrected chi connectivity index (χ2v) is 9.16. The van der Waals surface area contributed by atoms with Gasteiger partial charge in [-0.25, -0.2) is 13.1 Å². The summed E-state index contributed by atoms with van der Waals surface area (Å²) >= 11 is 6.41. The number of halogens is 1. The maximum absolute atomic E-state index is 12.4. The highest BCUT2D eigenvalue weighted by molar-refractivity contribution is 7.91. The van der Waals surface area contributed by atoms with Gasteiger partial charge in [0.05, 0.1) is 4.92 Å². The second kappa shape index (κ2) is 6.75. The molecule has 0 spiro atoms. The van der Waals surface area contributed by atoms with Gasteiger partial charge in [-0.1, -0.05) is 29.8 Å². The van der Waals surface area contributed by atoms with Crippen LogP contribution < -0.4 is 4.72 Å². The van der Waals surface area contributed by atoms with E-state index in [4.69, 9.17) is 11.6 Å². The molecule has 1 atom stereocenters. The highest BCUT2D eigenvalue weighted by atomic mass is 35.5. The van der Waals surface area contributed by atoms with Crippen molar-refractivity contribution in [2.24, 2.45) is 0 Å². The summed E-state index contributed by atoms with van der Waals surface area (Å²) in [7, 11) is -3.88. The zero-order valence-corrected chi connectivity index (χ0v) is 15.4. The SMILES string of the molecule is CC(Cc1c[nH]c2ccccc12)NS(=O)(=O)c1cc([N+](=O)[O-])c(Cl)s1. The van der Waals surface area contributed by atoms with Gasteiger partial charge in [0.25, 0.3) is 15.7 Å². The van der Waals surface area contributed by atoms with Gasteiger partial charge in [0, 0.05) is 29.2 Å². The van der Waals surface area contributed by atoms with Crippen molar-refractivity contribution in [3.63, 3.8) is 0 Å². The molecule has 1 unspecified atom stereocenters. The Balaban J connectivity index is 1.78. The predicted octanol–water partition coefficient (Wildman–Crippen LogP) is 3.70. The molecule has 0 saturated carbocycles. The van der Waals surface area contributed by atoms with E-state index in [0.717, 1.165) is 22.5 Å². The third-order valence-electron chi connectivity index (χ3n) is 3.67. The van der Waals surface area contributed by atoms with Crippen LogP contribution in [-0.2, 0) is 16.4 Å². The van der Waals surface area contributed by atoms with E-state index >= 15 is 0 Å². The van der Waals surface area contributed by atoms with Gasteiger partial charge in [-0.15, -0.1) is 11.3 Å². The minimum Gasteiger partial charge on any atom is -0.361 e. The quantitative estimate of drug-likeness (QED) is 0.487. The lowest BCUT2D eigenvalue weighted by Gasteiger charge is -2.12. The Bertz CT molecular complexity index is 1040. The summed E-state index contributed by atoms with van der Waals surface area (Å²) in [5, 5.41) is 11.9. The Hall–Kier alpha value is -1.94. The first-order valence-corrected chi connectivity index (χ1v) is 9.97. The third-order valence-corrected chi connectivity index (χ3v) is 7.07. The number of fused-ring (bicyclic) bond motifs is 1. The van der Waals surface area contributed by atoms with Gasteiger partial charge >= 0.3 is 0 Å². The average Bonchev–Trinajstić information content (AvgIpc) is 3.11. The molecule has 0 bridgehead atoms. The van der Waals surface area contributed by atoms with Crippen LogP contribution in [0.4, 0.5) is 5.69 Å². The molecule has 2 N–H and O–H groups in total. The number of nitrogens with zero attached hydrogens (tertiary/aromatic N) is 1. The summed E-state index contributed by atoms with van der Waals surface area (Å²) in [6.07, 6.45) is 2.33. The van der Waals surface area contributed by atoms with Crippen LogP contribution >= 0.6 is 22.9 Å². The molecule has 2 heterocycles. The lowest BCUT2D eigenvalue weighted by molar-refractivity contribution is -0.384. The van der Waals surface area contributed by atoms with Crippen LogP contribution in [0.1, 0.15) is 12.5 Å². The number of sulfonamides is 1. The van der Waals surface area contributed by atoms with E-state index in [2.05, 4.69) is 9.71 Å². The molecule has 0 amide bonds. The van der Waals surface area contributed by atoms with Crippen molar-refractivity contribution in [1.82, 2.24) is 9.71 Å². The van der Waals surface area contributed by atoms with Crippen molar-refractivity contribution in [1.29, 1.82) is 0 Å². The van der Waals surface area contributed by atoms with Crippen molar-refractivity contribution < 1.29 is 13.3 Å². The number of hydrogen-bond acceptors (Lipinski definition) is 5. The molecule has 3 rings (SSSR count). The Morgan fingerprint density at radius 2 is 2.12 bits per heavy atom. The van der Waals surface area contributed by atoms with Crippen LogP contribution in [0.15, 0.2) is 40.7 Å².